The molecule has 0 aliphatic rings. The second kappa shape index (κ2) is 6.60. The first kappa shape index (κ1) is 14.0. The van der Waals surface area contributed by atoms with Crippen molar-refractivity contribution in [2.45, 2.75) is 33.6 Å². The van der Waals surface area contributed by atoms with Gasteiger partial charge in [-0.3, -0.25) is 0 Å². The third-order valence-corrected chi connectivity index (χ3v) is 2.91. The first-order chi connectivity index (χ1) is 8.02. The van der Waals surface area contributed by atoms with E-state index in [1.807, 2.05) is 13.0 Å². The predicted octanol–water partition coefficient (Wildman–Crippen LogP) is 3.25. The lowest BCUT2D eigenvalue weighted by atomic mass is 9.95. The number of ether oxygens (including phenoxy) is 1. The molecule has 0 amide bonds. The van der Waals surface area contributed by atoms with E-state index in [-0.39, 0.29) is 0 Å². The molecule has 0 saturated heterocycles. The number of hydrogen-bond acceptors (Lipinski definition) is 2. The summed E-state index contributed by atoms with van der Waals surface area (Å²) in [6.45, 7) is 6.99. The first-order valence-electron chi connectivity index (χ1n) is 6.03. The summed E-state index contributed by atoms with van der Waals surface area (Å²) in [5.74, 6) is 1.43. The van der Waals surface area contributed by atoms with Gasteiger partial charge in [0, 0.05) is 6.42 Å². The Hall–Kier alpha value is -1.09. The fraction of sp³-hybridized carbons (Fsp3) is 0.500. The average Bonchev–Trinajstić information content (AvgIpc) is 2.21. The van der Waals surface area contributed by atoms with Crippen molar-refractivity contribution < 1.29 is 4.74 Å². The van der Waals surface area contributed by atoms with Crippen LogP contribution in [0.2, 0.25) is 0 Å². The molecule has 1 unspecified atom stereocenters. The molecule has 0 aliphatic heterocycles. The zero-order valence-electron chi connectivity index (χ0n) is 10.8. The van der Waals surface area contributed by atoms with Crippen LogP contribution in [0.4, 0.5) is 0 Å². The molecule has 0 aliphatic carbocycles. The van der Waals surface area contributed by atoms with E-state index in [0.717, 1.165) is 18.6 Å². The van der Waals surface area contributed by atoms with Crippen molar-refractivity contribution in [1.29, 1.82) is 0 Å². The first-order valence-corrected chi connectivity index (χ1v) is 6.44. The maximum atomic E-state index is 5.56. The molecule has 1 rings (SSSR count). The van der Waals surface area contributed by atoms with Crippen molar-refractivity contribution in [3.8, 4) is 5.75 Å². The van der Waals surface area contributed by atoms with Gasteiger partial charge in [0.25, 0.3) is 0 Å². The Morgan fingerprint density at radius 2 is 2.18 bits per heavy atom. The van der Waals surface area contributed by atoms with Gasteiger partial charge in [-0.05, 0) is 49.4 Å². The lowest BCUT2D eigenvalue weighted by Gasteiger charge is -2.13. The molecule has 1 aromatic rings. The molecule has 17 heavy (non-hydrogen) atoms. The molecule has 2 N–H and O–H groups in total. The highest BCUT2D eigenvalue weighted by molar-refractivity contribution is 7.80. The van der Waals surface area contributed by atoms with Gasteiger partial charge in [-0.2, -0.15) is 0 Å². The van der Waals surface area contributed by atoms with Crippen LogP contribution in [-0.4, -0.2) is 11.6 Å². The van der Waals surface area contributed by atoms with Crippen LogP contribution in [0.5, 0.6) is 5.75 Å². The molecule has 0 saturated carbocycles. The van der Waals surface area contributed by atoms with Gasteiger partial charge in [0.15, 0.2) is 0 Å². The summed E-state index contributed by atoms with van der Waals surface area (Å²) in [6, 6.07) is 6.25. The van der Waals surface area contributed by atoms with Crippen LogP contribution in [0.25, 0.3) is 0 Å². The highest BCUT2D eigenvalue weighted by atomic mass is 32.1. The summed E-state index contributed by atoms with van der Waals surface area (Å²) in [6.07, 6.45) is 1.82. The minimum absolute atomic E-state index is 0.490. The van der Waals surface area contributed by atoms with Crippen LogP contribution in [0.1, 0.15) is 31.4 Å². The van der Waals surface area contributed by atoms with Crippen LogP contribution in [0.3, 0.4) is 0 Å². The van der Waals surface area contributed by atoms with Crippen molar-refractivity contribution in [2.24, 2.45) is 11.7 Å². The van der Waals surface area contributed by atoms with Crippen LogP contribution in [0.15, 0.2) is 18.2 Å². The van der Waals surface area contributed by atoms with E-state index in [2.05, 4.69) is 26.0 Å². The third kappa shape index (κ3) is 4.73. The molecule has 3 heteroatoms. The number of nitrogens with two attached hydrogens (primary N) is 1. The second-order valence-corrected chi connectivity index (χ2v) is 5.03. The smallest absolute Gasteiger partial charge is 0.119 e. The molecule has 94 valence electrons. The normalized spacial score (nSPS) is 12.2. The van der Waals surface area contributed by atoms with Crippen molar-refractivity contribution >= 4 is 17.2 Å². The minimum atomic E-state index is 0.490. The predicted molar refractivity (Wildman–Crippen MR) is 76.6 cm³/mol. The fourth-order valence-electron chi connectivity index (χ4n) is 1.94. The standard InChI is InChI=1S/C14H21NOS/c1-4-16-13-6-5-12(11(3)9-13)7-10(2)8-14(15)17/h5-6,9-10H,4,7-8H2,1-3H3,(H2,15,17). The molecule has 0 bridgehead atoms. The van der Waals surface area contributed by atoms with Gasteiger partial charge in [-0.25, -0.2) is 0 Å². The Morgan fingerprint density at radius 3 is 2.71 bits per heavy atom. The van der Waals surface area contributed by atoms with Gasteiger partial charge >= 0.3 is 0 Å². The van der Waals surface area contributed by atoms with E-state index in [1.54, 1.807) is 0 Å². The fourth-order valence-corrected chi connectivity index (χ4v) is 2.23. The molecular weight excluding hydrogens is 230 g/mol. The third-order valence-electron chi connectivity index (χ3n) is 2.74. The Balaban J connectivity index is 2.68. The number of thiocarbonyl (C=S) groups is 1. The SMILES string of the molecule is CCOc1ccc(CC(C)CC(N)=S)c(C)c1. The molecule has 1 aromatic carbocycles. The van der Waals surface area contributed by atoms with E-state index >= 15 is 0 Å². The summed E-state index contributed by atoms with van der Waals surface area (Å²) < 4.78 is 5.47. The van der Waals surface area contributed by atoms with Gasteiger partial charge in [-0.1, -0.05) is 25.2 Å². The van der Waals surface area contributed by atoms with Crippen LogP contribution in [0, 0.1) is 12.8 Å². The molecule has 0 aromatic heterocycles. The van der Waals surface area contributed by atoms with E-state index in [0.29, 0.717) is 17.5 Å². The number of aryl methyl sites for hydroxylation is 1. The number of rotatable bonds is 6. The summed E-state index contributed by atoms with van der Waals surface area (Å²) in [5.41, 5.74) is 8.17. The Kier molecular flexibility index (Phi) is 5.42. The van der Waals surface area contributed by atoms with E-state index in [4.69, 9.17) is 22.7 Å². The summed E-state index contributed by atoms with van der Waals surface area (Å²) in [5, 5.41) is 0. The molecule has 0 heterocycles. The van der Waals surface area contributed by atoms with Crippen molar-refractivity contribution in [3.63, 3.8) is 0 Å². The maximum Gasteiger partial charge on any atom is 0.119 e. The number of hydrogen-bond donors (Lipinski definition) is 1. The number of benzene rings is 1. The zero-order valence-corrected chi connectivity index (χ0v) is 11.6. The summed E-state index contributed by atoms with van der Waals surface area (Å²) in [4.78, 5) is 0.598. The molecule has 2 nitrogen and oxygen atoms in total. The van der Waals surface area contributed by atoms with Gasteiger partial charge in [0.1, 0.15) is 5.75 Å². The molecule has 0 radical (unpaired) electrons. The van der Waals surface area contributed by atoms with E-state index in [9.17, 15) is 0 Å². The van der Waals surface area contributed by atoms with Gasteiger partial charge in [0.2, 0.25) is 0 Å². The molecule has 0 fully saturated rings. The van der Waals surface area contributed by atoms with E-state index in [1.165, 1.54) is 11.1 Å². The summed E-state index contributed by atoms with van der Waals surface area (Å²) >= 11 is 4.93. The van der Waals surface area contributed by atoms with Crippen LogP contribution in [-0.2, 0) is 6.42 Å². The lowest BCUT2D eigenvalue weighted by molar-refractivity contribution is 0.340. The highest BCUT2D eigenvalue weighted by Gasteiger charge is 2.08. The van der Waals surface area contributed by atoms with Crippen molar-refractivity contribution in [2.75, 3.05) is 6.61 Å². The Morgan fingerprint density at radius 1 is 1.47 bits per heavy atom. The largest absolute Gasteiger partial charge is 0.494 e. The maximum absolute atomic E-state index is 5.56. The molecule has 0 spiro atoms. The second-order valence-electron chi connectivity index (χ2n) is 4.50. The Labute approximate surface area is 109 Å². The summed E-state index contributed by atoms with van der Waals surface area (Å²) in [7, 11) is 0. The molecular formula is C14H21NOS. The van der Waals surface area contributed by atoms with Gasteiger partial charge in [-0.15, -0.1) is 0 Å². The molecule has 1 atom stereocenters. The Bertz CT molecular complexity index is 390. The monoisotopic (exact) mass is 251 g/mol. The average molecular weight is 251 g/mol. The van der Waals surface area contributed by atoms with Crippen LogP contribution < -0.4 is 10.5 Å². The quantitative estimate of drug-likeness (QED) is 0.788. The highest BCUT2D eigenvalue weighted by Crippen LogP contribution is 2.21. The van der Waals surface area contributed by atoms with Gasteiger partial charge < -0.3 is 10.5 Å². The van der Waals surface area contributed by atoms with Crippen molar-refractivity contribution in [3.05, 3.63) is 29.3 Å². The zero-order chi connectivity index (χ0) is 12.8. The van der Waals surface area contributed by atoms with Gasteiger partial charge in [0.05, 0.1) is 11.6 Å². The lowest BCUT2D eigenvalue weighted by Crippen LogP contribution is -2.14. The van der Waals surface area contributed by atoms with Crippen LogP contribution >= 0.6 is 12.2 Å². The van der Waals surface area contributed by atoms with Crippen molar-refractivity contribution in [1.82, 2.24) is 0 Å². The topological polar surface area (TPSA) is 35.2 Å². The van der Waals surface area contributed by atoms with E-state index < -0.39 is 0 Å². The minimum Gasteiger partial charge on any atom is -0.494 e.